The zero-order valence-corrected chi connectivity index (χ0v) is 9.61. The summed E-state index contributed by atoms with van der Waals surface area (Å²) in [5.74, 6) is 0.0550. The van der Waals surface area contributed by atoms with Crippen LogP contribution in [-0.2, 0) is 4.79 Å². The van der Waals surface area contributed by atoms with E-state index in [-0.39, 0.29) is 41.4 Å². The van der Waals surface area contributed by atoms with Crippen LogP contribution in [0.25, 0.3) is 0 Å². The Morgan fingerprint density at radius 1 is 1.44 bits per heavy atom. The number of nitrogens with one attached hydrogen (secondary N) is 1. The molecule has 0 atom stereocenters. The fourth-order valence-electron chi connectivity index (χ4n) is 0.276. The van der Waals surface area contributed by atoms with Gasteiger partial charge in [-0.1, -0.05) is 13.8 Å². The van der Waals surface area contributed by atoms with E-state index in [4.69, 9.17) is 0 Å². The smallest absolute Gasteiger partial charge is 0.00189 e. The molecule has 2 nitrogen and oxygen atoms in total. The number of ketones is 1. The number of allylic oxidation sites excluding steroid dienone is 1. The van der Waals surface area contributed by atoms with Gasteiger partial charge in [0.2, 0.25) is 0 Å². The molecule has 0 fully saturated rings. The van der Waals surface area contributed by atoms with Gasteiger partial charge < -0.3 is 10.1 Å². The maximum atomic E-state index is 10.4. The fraction of sp³-hybridized carbons (Fsp3) is 0.500. The van der Waals surface area contributed by atoms with Gasteiger partial charge in [0.15, 0.2) is 0 Å². The van der Waals surface area contributed by atoms with Crippen molar-refractivity contribution >= 4 is 5.78 Å². The molecule has 0 aromatic heterocycles. The minimum Gasteiger partial charge on any atom is -0.479 e. The molecule has 0 heterocycles. The Morgan fingerprint density at radius 3 is 2.00 bits per heavy atom. The summed E-state index contributed by atoms with van der Waals surface area (Å²) in [6.07, 6.45) is 2.66. The number of rotatable bonds is 2. The predicted molar refractivity (Wildman–Crippen MR) is 32.2 cm³/mol. The first-order chi connectivity index (χ1) is 3.68. The van der Waals surface area contributed by atoms with Gasteiger partial charge in [0, 0.05) is 41.4 Å². The predicted octanol–water partition coefficient (Wildman–Crippen LogP) is 0.502. The van der Waals surface area contributed by atoms with Crippen LogP contribution in [-0.4, -0.2) is 12.8 Å². The first-order valence-electron chi connectivity index (χ1n) is 2.45. The molecule has 9 heavy (non-hydrogen) atoms. The summed E-state index contributed by atoms with van der Waals surface area (Å²) in [7, 11) is 1.71. The first-order valence-corrected chi connectivity index (χ1v) is 2.45. The number of hydrogen-bond acceptors (Lipinski definition) is 2. The van der Waals surface area contributed by atoms with Crippen molar-refractivity contribution in [3.63, 3.8) is 0 Å². The summed E-state index contributed by atoms with van der Waals surface area (Å²) < 4.78 is 0. The van der Waals surface area contributed by atoms with E-state index in [1.807, 2.05) is 0 Å². The van der Waals surface area contributed by atoms with E-state index in [9.17, 15) is 4.79 Å². The molecular weight excluding hydrogens is 241 g/mol. The van der Waals surface area contributed by atoms with Crippen molar-refractivity contribution in [2.24, 2.45) is 0 Å². The van der Waals surface area contributed by atoms with Crippen molar-refractivity contribution in [2.75, 3.05) is 7.05 Å². The van der Waals surface area contributed by atoms with Crippen LogP contribution < -0.4 is 5.32 Å². The zero-order valence-electron chi connectivity index (χ0n) is 5.99. The van der Waals surface area contributed by atoms with Gasteiger partial charge >= 0.3 is 0 Å². The largest absolute Gasteiger partial charge is 0.479 e. The topological polar surface area (TPSA) is 29.1 Å². The summed E-state index contributed by atoms with van der Waals surface area (Å²) in [6.45, 7) is 3.23. The molecule has 0 amide bonds. The van der Waals surface area contributed by atoms with Crippen molar-refractivity contribution in [3.05, 3.63) is 11.8 Å². The van der Waals surface area contributed by atoms with Crippen LogP contribution in [0.3, 0.4) is 0 Å². The molecule has 0 aromatic rings. The van der Waals surface area contributed by atoms with Crippen LogP contribution in [0, 0.1) is 41.8 Å². The second kappa shape index (κ2) is 6.52. The third-order valence-electron chi connectivity index (χ3n) is 0.841. The number of hydrogen-bond donors (Lipinski definition) is 1. The van der Waals surface area contributed by atoms with Gasteiger partial charge in [-0.15, -0.1) is 0 Å². The van der Waals surface area contributed by atoms with Crippen LogP contribution in [0.5, 0.6) is 0 Å². The quantitative estimate of drug-likeness (QED) is 0.440. The Morgan fingerprint density at radius 2 is 1.89 bits per heavy atom. The van der Waals surface area contributed by atoms with E-state index in [1.54, 1.807) is 14.0 Å². The van der Waals surface area contributed by atoms with E-state index in [0.717, 1.165) is 0 Å². The monoisotopic (exact) mass is 251 g/mol. The normalized spacial score (nSPS) is 9.89. The van der Waals surface area contributed by atoms with Gasteiger partial charge in [0.05, 0.1) is 0 Å². The van der Waals surface area contributed by atoms with Gasteiger partial charge in [-0.05, 0) is 7.05 Å². The molecule has 0 aliphatic heterocycles. The number of Topliss-reactive ketones (excluding diaryl/α,β-unsaturated/α-hetero) is 1. The van der Waals surface area contributed by atoms with E-state index >= 15 is 0 Å². The van der Waals surface area contributed by atoms with Crippen LogP contribution in [0.15, 0.2) is 5.57 Å². The van der Waals surface area contributed by atoms with Crippen LogP contribution in [0.2, 0.25) is 0 Å². The minimum absolute atomic E-state index is 0. The van der Waals surface area contributed by atoms with Gasteiger partial charge in [0.25, 0.3) is 0 Å². The second-order valence-corrected chi connectivity index (χ2v) is 1.56. The standard InChI is InChI=1S/C6H10NO.La/c1-5(4-7-3)6(2)8;/h7H,1-3H3;/q-1;. The maximum absolute atomic E-state index is 10.4. The number of carbonyl (C=O) groups is 1. The molecule has 3 heteroatoms. The zero-order chi connectivity index (χ0) is 6.57. The van der Waals surface area contributed by atoms with Crippen molar-refractivity contribution in [2.45, 2.75) is 13.8 Å². The molecule has 0 saturated heterocycles. The molecule has 0 bridgehead atoms. The number of carbonyl (C=O) groups excluding carboxylic acids is 1. The Labute approximate surface area is 83.7 Å². The Bertz CT molecular complexity index is 120. The molecular formula is C6H10LaNO-. The molecule has 0 aromatic carbocycles. The Balaban J connectivity index is 0. The molecule has 0 rings (SSSR count). The van der Waals surface area contributed by atoms with Crippen molar-refractivity contribution in [3.8, 4) is 0 Å². The average molecular weight is 251 g/mol. The van der Waals surface area contributed by atoms with Crippen molar-refractivity contribution in [1.82, 2.24) is 5.32 Å². The molecule has 0 spiro atoms. The van der Waals surface area contributed by atoms with E-state index < -0.39 is 0 Å². The summed E-state index contributed by atoms with van der Waals surface area (Å²) >= 11 is 0. The van der Waals surface area contributed by atoms with Gasteiger partial charge in [0.1, 0.15) is 0 Å². The second-order valence-electron chi connectivity index (χ2n) is 1.56. The van der Waals surface area contributed by atoms with Gasteiger partial charge in [-0.3, -0.25) is 0 Å². The Hall–Kier alpha value is 0.405. The molecule has 0 aliphatic rings. The Kier molecular flexibility index (Phi) is 8.78. The molecule has 0 saturated carbocycles. The summed E-state index contributed by atoms with van der Waals surface area (Å²) in [5.41, 5.74) is 0.632. The maximum Gasteiger partial charge on any atom is 0.00189 e. The van der Waals surface area contributed by atoms with Crippen molar-refractivity contribution in [1.29, 1.82) is 0 Å². The van der Waals surface area contributed by atoms with E-state index in [0.29, 0.717) is 5.57 Å². The van der Waals surface area contributed by atoms with Crippen LogP contribution in [0.4, 0.5) is 0 Å². The molecule has 1 N–H and O–H groups in total. The summed E-state index contributed by atoms with van der Waals surface area (Å²) in [6, 6.07) is 0. The third-order valence-corrected chi connectivity index (χ3v) is 0.841. The SMILES string of the molecule is CN[C-]=C(C)C(C)=O.[La]. The van der Waals surface area contributed by atoms with Crippen molar-refractivity contribution < 1.29 is 40.4 Å². The molecule has 0 unspecified atom stereocenters. The summed E-state index contributed by atoms with van der Waals surface area (Å²) in [4.78, 5) is 10.4. The first kappa shape index (κ1) is 12.1. The molecule has 0 aliphatic carbocycles. The fourth-order valence-corrected chi connectivity index (χ4v) is 0.276. The third kappa shape index (κ3) is 6.29. The van der Waals surface area contributed by atoms with Gasteiger partial charge in [-0.2, -0.15) is 11.8 Å². The van der Waals surface area contributed by atoms with Crippen LogP contribution >= 0.6 is 0 Å². The van der Waals surface area contributed by atoms with E-state index in [1.165, 1.54) is 6.92 Å². The van der Waals surface area contributed by atoms with Crippen LogP contribution in [0.1, 0.15) is 13.8 Å². The summed E-state index contributed by atoms with van der Waals surface area (Å²) in [5, 5.41) is 2.64. The van der Waals surface area contributed by atoms with Gasteiger partial charge in [-0.25, -0.2) is 0 Å². The average Bonchev–Trinajstić information content (AvgIpc) is 1.67. The minimum atomic E-state index is 0. The molecule has 49 valence electrons. The van der Waals surface area contributed by atoms with E-state index in [2.05, 4.69) is 11.5 Å². The molecule has 1 radical (unpaired) electrons.